The minimum absolute atomic E-state index is 0.105. The standard InChI is InChI=1S/C12H14N2O2/c1-12(5-6-12)14-10-7-8(15)3-4-9(10)13-11(14)16-2/h3-4,7,15H,5-6H2,1-2H3. The Bertz CT molecular complexity index is 555. The molecule has 1 N–H and O–H groups in total. The van der Waals surface area contributed by atoms with Crippen LogP contribution in [0.25, 0.3) is 11.0 Å². The van der Waals surface area contributed by atoms with Gasteiger partial charge in [-0.1, -0.05) is 0 Å². The molecule has 0 saturated heterocycles. The number of imidazole rings is 1. The van der Waals surface area contributed by atoms with Crippen LogP contribution in [0.3, 0.4) is 0 Å². The molecule has 1 aromatic carbocycles. The smallest absolute Gasteiger partial charge is 0.297 e. The van der Waals surface area contributed by atoms with Gasteiger partial charge in [-0.3, -0.25) is 4.57 Å². The highest BCUT2D eigenvalue weighted by Gasteiger charge is 2.42. The minimum Gasteiger partial charge on any atom is -0.508 e. The van der Waals surface area contributed by atoms with E-state index in [-0.39, 0.29) is 11.3 Å². The summed E-state index contributed by atoms with van der Waals surface area (Å²) in [5, 5.41) is 9.54. The monoisotopic (exact) mass is 218 g/mol. The number of rotatable bonds is 2. The van der Waals surface area contributed by atoms with Crippen molar-refractivity contribution >= 4 is 11.0 Å². The first-order chi connectivity index (χ1) is 7.64. The molecule has 4 nitrogen and oxygen atoms in total. The Morgan fingerprint density at radius 1 is 1.44 bits per heavy atom. The first-order valence-electron chi connectivity index (χ1n) is 5.40. The van der Waals surface area contributed by atoms with Crippen LogP contribution in [0.2, 0.25) is 0 Å². The van der Waals surface area contributed by atoms with Gasteiger partial charge in [-0.25, -0.2) is 0 Å². The van der Waals surface area contributed by atoms with Crippen LogP contribution in [0.1, 0.15) is 19.8 Å². The van der Waals surface area contributed by atoms with E-state index in [0.29, 0.717) is 6.01 Å². The molecular weight excluding hydrogens is 204 g/mol. The molecule has 1 fully saturated rings. The maximum Gasteiger partial charge on any atom is 0.297 e. The van der Waals surface area contributed by atoms with Gasteiger partial charge in [0.25, 0.3) is 6.01 Å². The van der Waals surface area contributed by atoms with Crippen LogP contribution in [0.5, 0.6) is 11.8 Å². The maximum atomic E-state index is 9.54. The second-order valence-corrected chi connectivity index (χ2v) is 4.60. The molecule has 1 aliphatic rings. The molecular formula is C12H14N2O2. The average molecular weight is 218 g/mol. The quantitative estimate of drug-likeness (QED) is 0.841. The van der Waals surface area contributed by atoms with Crippen LogP contribution in [0.15, 0.2) is 18.2 Å². The van der Waals surface area contributed by atoms with Gasteiger partial charge < -0.3 is 9.84 Å². The summed E-state index contributed by atoms with van der Waals surface area (Å²) in [6, 6.07) is 5.83. The number of fused-ring (bicyclic) bond motifs is 1. The topological polar surface area (TPSA) is 47.3 Å². The van der Waals surface area contributed by atoms with Gasteiger partial charge in [0.2, 0.25) is 0 Å². The Hall–Kier alpha value is -1.71. The molecule has 0 radical (unpaired) electrons. The third-order valence-electron chi connectivity index (χ3n) is 3.30. The minimum atomic E-state index is 0.105. The first kappa shape index (κ1) is 9.51. The van der Waals surface area contributed by atoms with Crippen molar-refractivity contribution in [1.29, 1.82) is 0 Å². The fourth-order valence-corrected chi connectivity index (χ4v) is 2.10. The number of benzene rings is 1. The van der Waals surface area contributed by atoms with Gasteiger partial charge in [0, 0.05) is 11.6 Å². The first-order valence-corrected chi connectivity index (χ1v) is 5.40. The van der Waals surface area contributed by atoms with E-state index in [4.69, 9.17) is 4.74 Å². The zero-order valence-electron chi connectivity index (χ0n) is 9.40. The van der Waals surface area contributed by atoms with E-state index in [1.807, 2.05) is 6.07 Å². The normalized spacial score (nSPS) is 17.6. The summed E-state index contributed by atoms with van der Waals surface area (Å²) in [6.45, 7) is 2.18. The molecule has 0 bridgehead atoms. The fourth-order valence-electron chi connectivity index (χ4n) is 2.10. The van der Waals surface area contributed by atoms with Gasteiger partial charge in [-0.05, 0) is 31.9 Å². The Morgan fingerprint density at radius 3 is 2.81 bits per heavy atom. The Morgan fingerprint density at radius 2 is 2.19 bits per heavy atom. The SMILES string of the molecule is COc1nc2ccc(O)cc2n1C1(C)CC1. The summed E-state index contributed by atoms with van der Waals surface area (Å²) in [4.78, 5) is 4.41. The summed E-state index contributed by atoms with van der Waals surface area (Å²) < 4.78 is 7.39. The lowest BCUT2D eigenvalue weighted by Gasteiger charge is -2.14. The zero-order chi connectivity index (χ0) is 11.3. The Balaban J connectivity index is 2.33. The van der Waals surface area contributed by atoms with Crippen molar-refractivity contribution in [2.24, 2.45) is 0 Å². The Kier molecular flexibility index (Phi) is 1.73. The van der Waals surface area contributed by atoms with Crippen molar-refractivity contribution in [2.75, 3.05) is 7.11 Å². The predicted octanol–water partition coefficient (Wildman–Crippen LogP) is 2.26. The molecule has 1 aliphatic carbocycles. The van der Waals surface area contributed by atoms with Crippen molar-refractivity contribution in [3.05, 3.63) is 18.2 Å². The number of aromatic nitrogens is 2. The highest BCUT2D eigenvalue weighted by Crippen LogP contribution is 2.47. The van der Waals surface area contributed by atoms with Crippen LogP contribution in [-0.2, 0) is 5.54 Å². The van der Waals surface area contributed by atoms with Crippen molar-refractivity contribution in [3.63, 3.8) is 0 Å². The van der Waals surface area contributed by atoms with E-state index in [9.17, 15) is 5.11 Å². The van der Waals surface area contributed by atoms with Gasteiger partial charge in [0.1, 0.15) is 5.75 Å². The number of aromatic hydroxyl groups is 1. The summed E-state index contributed by atoms with van der Waals surface area (Å²) in [7, 11) is 1.63. The third-order valence-corrected chi connectivity index (χ3v) is 3.30. The van der Waals surface area contributed by atoms with Gasteiger partial charge in [0.05, 0.1) is 18.1 Å². The molecule has 1 saturated carbocycles. The molecule has 1 aromatic heterocycles. The lowest BCUT2D eigenvalue weighted by molar-refractivity contribution is 0.339. The molecule has 1 heterocycles. The van der Waals surface area contributed by atoms with Crippen molar-refractivity contribution in [1.82, 2.24) is 9.55 Å². The highest BCUT2D eigenvalue weighted by atomic mass is 16.5. The third kappa shape index (κ3) is 1.19. The van der Waals surface area contributed by atoms with Crippen LogP contribution in [-0.4, -0.2) is 21.8 Å². The second-order valence-electron chi connectivity index (χ2n) is 4.60. The second kappa shape index (κ2) is 2.90. The van der Waals surface area contributed by atoms with Crippen LogP contribution < -0.4 is 4.74 Å². The van der Waals surface area contributed by atoms with Crippen LogP contribution in [0.4, 0.5) is 0 Å². The van der Waals surface area contributed by atoms with Crippen molar-refractivity contribution < 1.29 is 9.84 Å². The molecule has 2 aromatic rings. The number of phenolic OH excluding ortho intramolecular Hbond substituents is 1. The Labute approximate surface area is 93.5 Å². The molecule has 0 spiro atoms. The van der Waals surface area contributed by atoms with Gasteiger partial charge in [0.15, 0.2) is 0 Å². The lowest BCUT2D eigenvalue weighted by Crippen LogP contribution is -2.13. The van der Waals surface area contributed by atoms with E-state index in [1.54, 1.807) is 19.2 Å². The molecule has 0 unspecified atom stereocenters. The molecule has 3 rings (SSSR count). The van der Waals surface area contributed by atoms with Crippen LogP contribution >= 0.6 is 0 Å². The van der Waals surface area contributed by atoms with E-state index >= 15 is 0 Å². The number of ether oxygens (including phenoxy) is 1. The number of phenols is 1. The molecule has 4 heteroatoms. The number of nitrogens with zero attached hydrogens (tertiary/aromatic N) is 2. The average Bonchev–Trinajstić information content (AvgIpc) is 2.89. The molecule has 16 heavy (non-hydrogen) atoms. The largest absolute Gasteiger partial charge is 0.508 e. The highest BCUT2D eigenvalue weighted by molar-refractivity contribution is 5.79. The summed E-state index contributed by atoms with van der Waals surface area (Å²) in [5.41, 5.74) is 1.91. The molecule has 84 valence electrons. The summed E-state index contributed by atoms with van der Waals surface area (Å²) in [5.74, 6) is 0.264. The molecule has 0 amide bonds. The van der Waals surface area contributed by atoms with Crippen molar-refractivity contribution in [3.8, 4) is 11.8 Å². The molecule has 0 aliphatic heterocycles. The number of hydrogen-bond acceptors (Lipinski definition) is 3. The lowest BCUT2D eigenvalue weighted by atomic mass is 10.2. The summed E-state index contributed by atoms with van der Waals surface area (Å²) >= 11 is 0. The van der Waals surface area contributed by atoms with E-state index in [0.717, 1.165) is 23.9 Å². The number of methoxy groups -OCH3 is 1. The van der Waals surface area contributed by atoms with Crippen LogP contribution in [0, 0.1) is 0 Å². The maximum absolute atomic E-state index is 9.54. The summed E-state index contributed by atoms with van der Waals surface area (Å²) in [6.07, 6.45) is 2.26. The van der Waals surface area contributed by atoms with Gasteiger partial charge in [-0.2, -0.15) is 4.98 Å². The predicted molar refractivity (Wildman–Crippen MR) is 60.8 cm³/mol. The van der Waals surface area contributed by atoms with E-state index in [1.165, 1.54) is 0 Å². The van der Waals surface area contributed by atoms with E-state index < -0.39 is 0 Å². The molecule has 0 atom stereocenters. The van der Waals surface area contributed by atoms with E-state index in [2.05, 4.69) is 16.5 Å². The fraction of sp³-hybridized carbons (Fsp3) is 0.417. The van der Waals surface area contributed by atoms with Gasteiger partial charge in [-0.15, -0.1) is 0 Å². The van der Waals surface area contributed by atoms with Crippen molar-refractivity contribution in [2.45, 2.75) is 25.3 Å². The van der Waals surface area contributed by atoms with Gasteiger partial charge >= 0.3 is 0 Å². The number of hydrogen-bond donors (Lipinski definition) is 1. The zero-order valence-corrected chi connectivity index (χ0v) is 9.40.